The van der Waals surface area contributed by atoms with Crippen molar-refractivity contribution < 1.29 is 9.36 Å². The summed E-state index contributed by atoms with van der Waals surface area (Å²) in [7, 11) is 7.21. The number of aromatic nitrogens is 2. The SMILES string of the molecule is CN(C)C(=O)c1n(C)cc[n+]1C. The summed E-state index contributed by atoms with van der Waals surface area (Å²) in [6.07, 6.45) is 3.72. The van der Waals surface area contributed by atoms with Crippen LogP contribution in [0, 0.1) is 0 Å². The molecule has 0 unspecified atom stereocenters. The lowest BCUT2D eigenvalue weighted by Crippen LogP contribution is -2.39. The van der Waals surface area contributed by atoms with Crippen LogP contribution in [-0.2, 0) is 14.1 Å². The molecule has 0 aromatic carbocycles. The first-order chi connectivity index (χ1) is 5.54. The fourth-order valence-corrected chi connectivity index (χ4v) is 1.09. The summed E-state index contributed by atoms with van der Waals surface area (Å²) < 4.78 is 3.62. The van der Waals surface area contributed by atoms with Gasteiger partial charge in [-0.1, -0.05) is 0 Å². The predicted octanol–water partition coefficient (Wildman–Crippen LogP) is -0.449. The fraction of sp³-hybridized carbons (Fsp3) is 0.500. The van der Waals surface area contributed by atoms with Crippen LogP contribution in [0.3, 0.4) is 0 Å². The Morgan fingerprint density at radius 2 is 2.17 bits per heavy atom. The Hall–Kier alpha value is -1.32. The van der Waals surface area contributed by atoms with Gasteiger partial charge in [-0.3, -0.25) is 4.79 Å². The van der Waals surface area contributed by atoms with Gasteiger partial charge in [0.05, 0.1) is 14.1 Å². The van der Waals surface area contributed by atoms with Crippen LogP contribution < -0.4 is 4.57 Å². The number of aryl methyl sites for hydroxylation is 2. The molecule has 0 aliphatic carbocycles. The van der Waals surface area contributed by atoms with Crippen molar-refractivity contribution in [1.29, 1.82) is 0 Å². The Labute approximate surface area is 72.0 Å². The van der Waals surface area contributed by atoms with E-state index < -0.39 is 0 Å². The molecule has 0 aliphatic heterocycles. The van der Waals surface area contributed by atoms with Gasteiger partial charge in [0.15, 0.2) is 0 Å². The van der Waals surface area contributed by atoms with Crippen molar-refractivity contribution in [3.63, 3.8) is 0 Å². The molecule has 4 nitrogen and oxygen atoms in total. The van der Waals surface area contributed by atoms with Crippen LogP contribution in [-0.4, -0.2) is 29.5 Å². The van der Waals surface area contributed by atoms with Crippen LogP contribution in [0.25, 0.3) is 0 Å². The summed E-state index contributed by atoms with van der Waals surface area (Å²) in [5.41, 5.74) is 0. The van der Waals surface area contributed by atoms with E-state index in [1.165, 1.54) is 0 Å². The maximum absolute atomic E-state index is 11.5. The number of carbonyl (C=O) groups excluding carboxylic acids is 1. The summed E-state index contributed by atoms with van der Waals surface area (Å²) in [5, 5.41) is 0. The second kappa shape index (κ2) is 2.97. The third-order valence-electron chi connectivity index (χ3n) is 1.78. The van der Waals surface area contributed by atoms with Gasteiger partial charge in [-0.15, -0.1) is 0 Å². The van der Waals surface area contributed by atoms with E-state index in [4.69, 9.17) is 0 Å². The number of hydrogen-bond donors (Lipinski definition) is 0. The van der Waals surface area contributed by atoms with Gasteiger partial charge in [-0.25, -0.2) is 9.13 Å². The van der Waals surface area contributed by atoms with Crippen LogP contribution in [0.5, 0.6) is 0 Å². The Kier molecular flexibility index (Phi) is 2.17. The highest BCUT2D eigenvalue weighted by atomic mass is 16.2. The van der Waals surface area contributed by atoms with E-state index >= 15 is 0 Å². The number of imidazole rings is 1. The molecule has 0 saturated heterocycles. The molecular formula is C8H14N3O+. The summed E-state index contributed by atoms with van der Waals surface area (Å²) in [6.45, 7) is 0. The third kappa shape index (κ3) is 1.32. The van der Waals surface area contributed by atoms with E-state index in [1.54, 1.807) is 19.0 Å². The van der Waals surface area contributed by atoms with E-state index in [0.29, 0.717) is 5.82 Å². The monoisotopic (exact) mass is 168 g/mol. The minimum absolute atomic E-state index is 0.0185. The zero-order valence-electron chi connectivity index (χ0n) is 7.90. The van der Waals surface area contributed by atoms with Gasteiger partial charge < -0.3 is 4.90 Å². The lowest BCUT2D eigenvalue weighted by molar-refractivity contribution is -0.673. The van der Waals surface area contributed by atoms with Gasteiger partial charge in [-0.05, 0) is 0 Å². The van der Waals surface area contributed by atoms with E-state index in [1.807, 2.05) is 35.6 Å². The number of rotatable bonds is 1. The standard InChI is InChI=1S/C8H14N3O/c1-9(2)8(12)7-10(3)5-6-11(7)4/h5-6H,1-4H3/q+1. The summed E-state index contributed by atoms with van der Waals surface area (Å²) >= 11 is 0. The molecule has 0 N–H and O–H groups in total. The summed E-state index contributed by atoms with van der Waals surface area (Å²) in [5.74, 6) is 0.699. The van der Waals surface area contributed by atoms with E-state index in [0.717, 1.165) is 0 Å². The highest BCUT2D eigenvalue weighted by Gasteiger charge is 2.22. The van der Waals surface area contributed by atoms with Crippen molar-refractivity contribution in [3.05, 3.63) is 18.2 Å². The summed E-state index contributed by atoms with van der Waals surface area (Å²) in [6, 6.07) is 0. The van der Waals surface area contributed by atoms with Crippen molar-refractivity contribution in [3.8, 4) is 0 Å². The van der Waals surface area contributed by atoms with E-state index in [9.17, 15) is 4.79 Å². The van der Waals surface area contributed by atoms with Gasteiger partial charge in [0.1, 0.15) is 12.4 Å². The van der Waals surface area contributed by atoms with Crippen molar-refractivity contribution >= 4 is 5.91 Å². The highest BCUT2D eigenvalue weighted by Crippen LogP contribution is 1.94. The molecule has 12 heavy (non-hydrogen) atoms. The largest absolute Gasteiger partial charge is 0.347 e. The maximum Gasteiger partial charge on any atom is 0.347 e. The minimum Gasteiger partial charge on any atom is -0.338 e. The first-order valence-corrected chi connectivity index (χ1v) is 3.76. The van der Waals surface area contributed by atoms with E-state index in [-0.39, 0.29) is 5.91 Å². The minimum atomic E-state index is 0.0185. The van der Waals surface area contributed by atoms with Crippen molar-refractivity contribution in [2.75, 3.05) is 14.1 Å². The maximum atomic E-state index is 11.5. The Balaban J connectivity index is 3.09. The Morgan fingerprint density at radius 3 is 2.50 bits per heavy atom. The van der Waals surface area contributed by atoms with E-state index in [2.05, 4.69) is 0 Å². The average Bonchev–Trinajstić information content (AvgIpc) is 2.30. The smallest absolute Gasteiger partial charge is 0.338 e. The van der Waals surface area contributed by atoms with Crippen LogP contribution in [0.1, 0.15) is 10.6 Å². The van der Waals surface area contributed by atoms with Gasteiger partial charge >= 0.3 is 11.7 Å². The van der Waals surface area contributed by atoms with Crippen molar-refractivity contribution in [2.45, 2.75) is 0 Å². The van der Waals surface area contributed by atoms with Crippen LogP contribution in [0.15, 0.2) is 12.4 Å². The number of nitrogens with zero attached hydrogens (tertiary/aromatic N) is 3. The molecule has 1 aromatic rings. The molecule has 0 spiro atoms. The molecule has 4 heteroatoms. The van der Waals surface area contributed by atoms with Gasteiger partial charge in [-0.2, -0.15) is 0 Å². The Morgan fingerprint density at radius 1 is 1.58 bits per heavy atom. The van der Waals surface area contributed by atoms with Crippen molar-refractivity contribution in [2.24, 2.45) is 14.1 Å². The average molecular weight is 168 g/mol. The molecule has 1 heterocycles. The van der Waals surface area contributed by atoms with Crippen molar-refractivity contribution in [1.82, 2.24) is 9.47 Å². The molecule has 0 saturated carbocycles. The third-order valence-corrected chi connectivity index (χ3v) is 1.78. The van der Waals surface area contributed by atoms with Gasteiger partial charge in [0.25, 0.3) is 0 Å². The first kappa shape index (κ1) is 8.77. The normalized spacial score (nSPS) is 10.0. The molecule has 0 bridgehead atoms. The quantitative estimate of drug-likeness (QED) is 0.522. The zero-order chi connectivity index (χ0) is 9.30. The number of carbonyl (C=O) groups is 1. The molecule has 0 atom stereocenters. The fourth-order valence-electron chi connectivity index (χ4n) is 1.09. The molecule has 0 fully saturated rings. The molecular weight excluding hydrogens is 154 g/mol. The molecule has 0 radical (unpaired) electrons. The second-order valence-electron chi connectivity index (χ2n) is 3.04. The Bertz CT molecular complexity index is 282. The molecule has 1 rings (SSSR count). The molecule has 1 aromatic heterocycles. The molecule has 0 aliphatic rings. The van der Waals surface area contributed by atoms with Crippen LogP contribution in [0.4, 0.5) is 0 Å². The lowest BCUT2D eigenvalue weighted by Gasteiger charge is -2.06. The van der Waals surface area contributed by atoms with Gasteiger partial charge in [0.2, 0.25) is 0 Å². The van der Waals surface area contributed by atoms with Crippen LogP contribution >= 0.6 is 0 Å². The topological polar surface area (TPSA) is 29.1 Å². The first-order valence-electron chi connectivity index (χ1n) is 3.76. The zero-order valence-corrected chi connectivity index (χ0v) is 7.90. The van der Waals surface area contributed by atoms with Crippen LogP contribution in [0.2, 0.25) is 0 Å². The lowest BCUT2D eigenvalue weighted by atomic mass is 10.5. The predicted molar refractivity (Wildman–Crippen MR) is 44.6 cm³/mol. The highest BCUT2D eigenvalue weighted by molar-refractivity contribution is 5.88. The molecule has 66 valence electrons. The van der Waals surface area contributed by atoms with Gasteiger partial charge in [0, 0.05) is 14.1 Å². The summed E-state index contributed by atoms with van der Waals surface area (Å²) in [4.78, 5) is 13.1. The number of amides is 1. The second-order valence-corrected chi connectivity index (χ2v) is 3.04. The number of hydrogen-bond acceptors (Lipinski definition) is 1. The molecule has 1 amide bonds.